The van der Waals surface area contributed by atoms with Crippen molar-refractivity contribution >= 4 is 37.4 Å². The van der Waals surface area contributed by atoms with Gasteiger partial charge in [0, 0.05) is 17.3 Å². The number of nitrogens with zero attached hydrogens (tertiary/aromatic N) is 3. The standard InChI is InChI=1S/C24H21N5O5S2/c1-34-23-17-16-22(26-27-23)28-35(30,31)21-14-12-19(13-15-21)25-24(18-8-4-2-5-9-18)29-36(32,33)20-10-6-3-7-11-20/h2-17H,1H3,(H,25,29)(H,26,28). The molecule has 0 bridgehead atoms. The molecule has 0 aliphatic carbocycles. The summed E-state index contributed by atoms with van der Waals surface area (Å²) < 4.78 is 62.4. The van der Waals surface area contributed by atoms with Gasteiger partial charge in [-0.2, -0.15) is 8.42 Å². The smallest absolute Gasteiger partial charge is 0.284 e. The molecule has 1 aromatic heterocycles. The summed E-state index contributed by atoms with van der Waals surface area (Å²) in [6.07, 6.45) is 0. The van der Waals surface area contributed by atoms with Crippen molar-refractivity contribution in [3.8, 4) is 5.88 Å². The highest BCUT2D eigenvalue weighted by Gasteiger charge is 2.17. The second-order valence-corrected chi connectivity index (χ2v) is 10.6. The third-order valence-corrected chi connectivity index (χ3v) is 7.48. The number of hydrogen-bond acceptors (Lipinski definition) is 7. The van der Waals surface area contributed by atoms with E-state index in [4.69, 9.17) is 4.74 Å². The zero-order valence-electron chi connectivity index (χ0n) is 18.9. The van der Waals surface area contributed by atoms with E-state index in [0.29, 0.717) is 11.3 Å². The van der Waals surface area contributed by atoms with E-state index in [9.17, 15) is 16.8 Å². The molecule has 0 saturated heterocycles. The molecule has 10 nitrogen and oxygen atoms in total. The first-order chi connectivity index (χ1) is 17.3. The Labute approximate surface area is 208 Å². The summed E-state index contributed by atoms with van der Waals surface area (Å²) in [5, 5.41) is 10.5. The van der Waals surface area contributed by atoms with Gasteiger partial charge in [-0.3, -0.25) is 4.72 Å². The summed E-state index contributed by atoms with van der Waals surface area (Å²) in [6, 6.07) is 25.2. The van der Waals surface area contributed by atoms with E-state index in [1.54, 1.807) is 48.5 Å². The third-order valence-electron chi connectivity index (χ3n) is 4.82. The molecule has 36 heavy (non-hydrogen) atoms. The van der Waals surface area contributed by atoms with Gasteiger partial charge in [0.2, 0.25) is 5.88 Å². The number of methoxy groups -OCH3 is 1. The van der Waals surface area contributed by atoms with Gasteiger partial charge >= 0.3 is 0 Å². The summed E-state index contributed by atoms with van der Waals surface area (Å²) in [5.41, 5.74) is 0.970. The van der Waals surface area contributed by atoms with Crippen molar-refractivity contribution in [1.82, 2.24) is 10.2 Å². The van der Waals surface area contributed by atoms with Crippen LogP contribution in [0.4, 0.5) is 11.5 Å². The van der Waals surface area contributed by atoms with Gasteiger partial charge < -0.3 is 10.1 Å². The zero-order valence-corrected chi connectivity index (χ0v) is 20.6. The van der Waals surface area contributed by atoms with Gasteiger partial charge in [0.25, 0.3) is 20.0 Å². The second kappa shape index (κ2) is 10.5. The largest absolute Gasteiger partial charge is 0.480 e. The first-order valence-corrected chi connectivity index (χ1v) is 13.4. The molecule has 0 amide bonds. The molecule has 0 fully saturated rings. The first-order valence-electron chi connectivity index (χ1n) is 10.5. The number of anilines is 2. The average Bonchev–Trinajstić information content (AvgIpc) is 2.90. The van der Waals surface area contributed by atoms with Gasteiger partial charge in [-0.25, -0.2) is 8.42 Å². The van der Waals surface area contributed by atoms with E-state index in [0.717, 1.165) is 0 Å². The highest BCUT2D eigenvalue weighted by atomic mass is 32.2. The molecule has 0 atom stereocenters. The molecule has 4 aromatic rings. The van der Waals surface area contributed by atoms with Crippen molar-refractivity contribution in [3.63, 3.8) is 0 Å². The minimum atomic E-state index is -4.00. The number of aromatic nitrogens is 2. The Kier molecular flexibility index (Phi) is 7.27. The number of rotatable bonds is 8. The maximum Gasteiger partial charge on any atom is 0.284 e. The number of nitrogens with one attached hydrogen (secondary N) is 2. The molecule has 0 radical (unpaired) electrons. The number of benzene rings is 3. The van der Waals surface area contributed by atoms with E-state index < -0.39 is 20.0 Å². The Hall–Kier alpha value is -4.29. The minimum Gasteiger partial charge on any atom is -0.480 e. The normalized spacial score (nSPS) is 12.1. The molecule has 0 aliphatic rings. The Balaban J connectivity index is 1.59. The van der Waals surface area contributed by atoms with Gasteiger partial charge in [-0.15, -0.1) is 14.6 Å². The third kappa shape index (κ3) is 6.03. The fourth-order valence-corrected chi connectivity index (χ4v) is 5.04. The summed E-state index contributed by atoms with van der Waals surface area (Å²) >= 11 is 0. The lowest BCUT2D eigenvalue weighted by Crippen LogP contribution is -2.17. The van der Waals surface area contributed by atoms with Crippen LogP contribution < -0.4 is 14.8 Å². The quantitative estimate of drug-likeness (QED) is 0.264. The van der Waals surface area contributed by atoms with Crippen LogP contribution in [0.3, 0.4) is 0 Å². The van der Waals surface area contributed by atoms with Gasteiger partial charge in [-0.05, 0) is 42.5 Å². The van der Waals surface area contributed by atoms with E-state index in [2.05, 4.69) is 24.6 Å². The van der Waals surface area contributed by atoms with Crippen molar-refractivity contribution in [3.05, 3.63) is 103 Å². The molecule has 2 N–H and O–H groups in total. The summed E-state index contributed by atoms with van der Waals surface area (Å²) in [5.74, 6) is 0.364. The predicted molar refractivity (Wildman–Crippen MR) is 136 cm³/mol. The van der Waals surface area contributed by atoms with Crippen LogP contribution in [0.25, 0.3) is 0 Å². The average molecular weight is 524 g/mol. The molecule has 4 rings (SSSR count). The van der Waals surface area contributed by atoms with E-state index in [-0.39, 0.29) is 27.3 Å². The van der Waals surface area contributed by atoms with Gasteiger partial charge in [0.15, 0.2) is 11.7 Å². The van der Waals surface area contributed by atoms with Crippen molar-refractivity contribution in [2.75, 3.05) is 17.1 Å². The van der Waals surface area contributed by atoms with Crippen LogP contribution in [0.1, 0.15) is 5.56 Å². The number of ether oxygens (including phenoxy) is 1. The monoisotopic (exact) mass is 523 g/mol. The Morgan fingerprint density at radius 1 is 0.750 bits per heavy atom. The molecular weight excluding hydrogens is 502 g/mol. The van der Waals surface area contributed by atoms with E-state index in [1.807, 2.05) is 0 Å². The predicted octanol–water partition coefficient (Wildman–Crippen LogP) is 3.53. The van der Waals surface area contributed by atoms with Crippen molar-refractivity contribution in [1.29, 1.82) is 0 Å². The lowest BCUT2D eigenvalue weighted by molar-refractivity contribution is 0.392. The van der Waals surface area contributed by atoms with Crippen molar-refractivity contribution < 1.29 is 21.6 Å². The first kappa shape index (κ1) is 24.8. The minimum absolute atomic E-state index is 0.0271. The highest BCUT2D eigenvalue weighted by molar-refractivity contribution is 7.92. The van der Waals surface area contributed by atoms with Crippen LogP contribution in [0, 0.1) is 0 Å². The molecule has 3 aromatic carbocycles. The topological polar surface area (TPSA) is 140 Å². The highest BCUT2D eigenvalue weighted by Crippen LogP contribution is 2.20. The Morgan fingerprint density at radius 3 is 1.97 bits per heavy atom. The summed E-state index contributed by atoms with van der Waals surface area (Å²) in [7, 11) is -6.52. The number of amidine groups is 1. The molecule has 0 unspecified atom stereocenters. The molecule has 0 aliphatic heterocycles. The zero-order chi connectivity index (χ0) is 25.6. The van der Waals surface area contributed by atoms with Crippen LogP contribution in [0.5, 0.6) is 5.88 Å². The Bertz CT molecular complexity index is 1560. The maximum absolute atomic E-state index is 12.9. The lowest BCUT2D eigenvalue weighted by Gasteiger charge is -2.12. The molecule has 0 saturated carbocycles. The second-order valence-electron chi connectivity index (χ2n) is 7.31. The van der Waals surface area contributed by atoms with E-state index in [1.165, 1.54) is 55.6 Å². The van der Waals surface area contributed by atoms with Crippen molar-refractivity contribution in [2.45, 2.75) is 9.79 Å². The van der Waals surface area contributed by atoms with Gasteiger partial charge in [0.1, 0.15) is 0 Å². The summed E-state index contributed by atoms with van der Waals surface area (Å²) in [4.78, 5) is 0.0233. The molecule has 1 heterocycles. The van der Waals surface area contributed by atoms with E-state index >= 15 is 0 Å². The molecular formula is C24H21N5O5S2. The summed E-state index contributed by atoms with van der Waals surface area (Å²) in [6.45, 7) is 0. The van der Waals surface area contributed by atoms with Crippen molar-refractivity contribution in [2.24, 2.45) is 4.40 Å². The maximum atomic E-state index is 12.9. The van der Waals surface area contributed by atoms with Crippen LogP contribution in [0.15, 0.2) is 111 Å². The lowest BCUT2D eigenvalue weighted by atomic mass is 10.2. The van der Waals surface area contributed by atoms with Crippen LogP contribution in [-0.2, 0) is 20.0 Å². The van der Waals surface area contributed by atoms with Crippen LogP contribution in [0.2, 0.25) is 0 Å². The number of sulfonamides is 2. The van der Waals surface area contributed by atoms with Crippen LogP contribution >= 0.6 is 0 Å². The Morgan fingerprint density at radius 2 is 1.39 bits per heavy atom. The molecule has 12 heteroatoms. The van der Waals surface area contributed by atoms with Gasteiger partial charge in [-0.1, -0.05) is 48.5 Å². The SMILES string of the molecule is COc1ccc(NS(=O)(=O)c2ccc(N/C(=N/S(=O)(=O)c3ccccc3)c3ccccc3)cc2)nn1. The van der Waals surface area contributed by atoms with Crippen LogP contribution in [-0.4, -0.2) is 40.0 Å². The fraction of sp³-hybridized carbons (Fsp3) is 0.0417. The molecule has 184 valence electrons. The fourth-order valence-electron chi connectivity index (χ4n) is 3.04. The molecule has 0 spiro atoms. The van der Waals surface area contributed by atoms with Gasteiger partial charge in [0.05, 0.1) is 16.9 Å². The number of hydrogen-bond donors (Lipinski definition) is 2.